The second kappa shape index (κ2) is 7.07. The first kappa shape index (κ1) is 16.6. The van der Waals surface area contributed by atoms with Crippen molar-refractivity contribution in [3.8, 4) is 5.88 Å². The van der Waals surface area contributed by atoms with Gasteiger partial charge in [0.05, 0.1) is 11.2 Å². The Morgan fingerprint density at radius 3 is 2.58 bits per heavy atom. The molecule has 6 heteroatoms. The van der Waals surface area contributed by atoms with Gasteiger partial charge in [-0.15, -0.1) is 0 Å². The number of nitrogens with zero attached hydrogens (tertiary/aromatic N) is 2. The average molecular weight is 361 g/mol. The third-order valence-corrected chi connectivity index (χ3v) is 4.07. The number of rotatable bonds is 5. The van der Waals surface area contributed by atoms with E-state index in [4.69, 9.17) is 27.9 Å². The number of hydrogen-bond acceptors (Lipinski definition) is 3. The van der Waals surface area contributed by atoms with Crippen LogP contribution in [0.3, 0.4) is 0 Å². The molecule has 0 aliphatic carbocycles. The summed E-state index contributed by atoms with van der Waals surface area (Å²) in [5, 5.41) is 4.90. The van der Waals surface area contributed by atoms with Gasteiger partial charge >= 0.3 is 0 Å². The first-order valence-electron chi connectivity index (χ1n) is 7.24. The van der Waals surface area contributed by atoms with Crippen molar-refractivity contribution in [3.05, 3.63) is 81.5 Å². The van der Waals surface area contributed by atoms with E-state index >= 15 is 0 Å². The first-order valence-corrected chi connectivity index (χ1v) is 8.00. The van der Waals surface area contributed by atoms with Crippen LogP contribution in [0.15, 0.2) is 54.7 Å². The molecule has 0 aliphatic rings. The predicted molar refractivity (Wildman–Crippen MR) is 93.9 cm³/mol. The quantitative estimate of drug-likeness (QED) is 0.627. The highest BCUT2D eigenvalue weighted by molar-refractivity contribution is 6.37. The van der Waals surface area contributed by atoms with Gasteiger partial charge < -0.3 is 4.74 Å². The molecule has 1 aromatic heterocycles. The highest BCUT2D eigenvalue weighted by Crippen LogP contribution is 2.27. The number of carbonyl (C=O) groups excluding carboxylic acids is 1. The second-order valence-electron chi connectivity index (χ2n) is 5.21. The van der Waals surface area contributed by atoms with E-state index in [0.717, 1.165) is 5.56 Å². The lowest BCUT2D eigenvalue weighted by atomic mass is 10.1. The minimum atomic E-state index is -0.257. The molecule has 0 unspecified atom stereocenters. The zero-order valence-electron chi connectivity index (χ0n) is 12.9. The summed E-state index contributed by atoms with van der Waals surface area (Å²) in [6, 6.07) is 14.5. The molecule has 0 atom stereocenters. The Morgan fingerprint density at radius 2 is 1.88 bits per heavy atom. The third-order valence-electron chi connectivity index (χ3n) is 3.52. The zero-order chi connectivity index (χ0) is 17.1. The van der Waals surface area contributed by atoms with Gasteiger partial charge in [-0.3, -0.25) is 4.79 Å². The van der Waals surface area contributed by atoms with Crippen molar-refractivity contribution in [2.75, 3.05) is 0 Å². The van der Waals surface area contributed by atoms with Gasteiger partial charge in [0.2, 0.25) is 11.7 Å². The van der Waals surface area contributed by atoms with Crippen molar-refractivity contribution in [2.24, 2.45) is 7.05 Å². The van der Waals surface area contributed by atoms with Crippen LogP contribution in [0.1, 0.15) is 21.5 Å². The fourth-order valence-electron chi connectivity index (χ4n) is 2.30. The summed E-state index contributed by atoms with van der Waals surface area (Å²) in [6.45, 7) is 0.342. The predicted octanol–water partition coefficient (Wildman–Crippen LogP) is 4.54. The van der Waals surface area contributed by atoms with Crippen LogP contribution in [-0.4, -0.2) is 15.6 Å². The smallest absolute Gasteiger partial charge is 0.223 e. The number of ketones is 1. The Bertz CT molecular complexity index is 876. The molecule has 0 amide bonds. The summed E-state index contributed by atoms with van der Waals surface area (Å²) in [6.07, 6.45) is 1.48. The molecule has 0 saturated carbocycles. The van der Waals surface area contributed by atoms with Crippen LogP contribution < -0.4 is 4.74 Å². The van der Waals surface area contributed by atoms with Crippen LogP contribution in [0.4, 0.5) is 0 Å². The lowest BCUT2D eigenvalue weighted by Crippen LogP contribution is -2.07. The molecule has 0 N–H and O–H groups in total. The number of ether oxygens (including phenoxy) is 1. The van der Waals surface area contributed by atoms with Crippen LogP contribution in [0.25, 0.3) is 0 Å². The monoisotopic (exact) mass is 360 g/mol. The molecule has 0 saturated heterocycles. The third kappa shape index (κ3) is 3.45. The van der Waals surface area contributed by atoms with E-state index in [-0.39, 0.29) is 5.78 Å². The van der Waals surface area contributed by atoms with Gasteiger partial charge in [0, 0.05) is 17.6 Å². The number of aryl methyl sites for hydroxylation is 1. The van der Waals surface area contributed by atoms with E-state index < -0.39 is 0 Å². The fraction of sp³-hybridized carbons (Fsp3) is 0.111. The second-order valence-corrected chi connectivity index (χ2v) is 6.06. The van der Waals surface area contributed by atoms with Gasteiger partial charge in [0.15, 0.2) is 0 Å². The van der Waals surface area contributed by atoms with Crippen molar-refractivity contribution in [1.82, 2.24) is 9.78 Å². The normalized spacial score (nSPS) is 10.6. The number of benzene rings is 2. The lowest BCUT2D eigenvalue weighted by molar-refractivity contribution is 0.103. The SMILES string of the molecule is Cn1ncc(C(=O)c2ccc(Cl)cc2Cl)c1OCc1ccccc1. The van der Waals surface area contributed by atoms with Crippen LogP contribution in [0, 0.1) is 0 Å². The number of hydrogen-bond donors (Lipinski definition) is 0. The Labute approximate surface area is 149 Å². The molecule has 0 radical (unpaired) electrons. The van der Waals surface area contributed by atoms with Crippen LogP contribution >= 0.6 is 23.2 Å². The molecule has 1 heterocycles. The number of aromatic nitrogens is 2. The Balaban J connectivity index is 1.87. The van der Waals surface area contributed by atoms with E-state index in [1.54, 1.807) is 19.2 Å². The van der Waals surface area contributed by atoms with E-state index in [2.05, 4.69) is 5.10 Å². The summed E-state index contributed by atoms with van der Waals surface area (Å²) in [5.41, 5.74) is 1.72. The van der Waals surface area contributed by atoms with Crippen molar-refractivity contribution in [1.29, 1.82) is 0 Å². The van der Waals surface area contributed by atoms with E-state index in [0.29, 0.717) is 33.7 Å². The summed E-state index contributed by atoms with van der Waals surface area (Å²) < 4.78 is 7.34. The molecule has 0 bridgehead atoms. The van der Waals surface area contributed by atoms with Crippen LogP contribution in [-0.2, 0) is 13.7 Å². The van der Waals surface area contributed by atoms with E-state index in [1.807, 2.05) is 30.3 Å². The molecular weight excluding hydrogens is 347 g/mol. The van der Waals surface area contributed by atoms with Crippen molar-refractivity contribution < 1.29 is 9.53 Å². The molecule has 0 aliphatic heterocycles. The summed E-state index contributed by atoms with van der Waals surface area (Å²) in [5.74, 6) is 0.141. The van der Waals surface area contributed by atoms with Gasteiger partial charge in [0.25, 0.3) is 0 Å². The van der Waals surface area contributed by atoms with E-state index in [1.165, 1.54) is 16.9 Å². The summed E-state index contributed by atoms with van der Waals surface area (Å²) >= 11 is 12.0. The summed E-state index contributed by atoms with van der Waals surface area (Å²) in [7, 11) is 1.72. The number of halogens is 2. The summed E-state index contributed by atoms with van der Waals surface area (Å²) in [4.78, 5) is 12.8. The van der Waals surface area contributed by atoms with Crippen LogP contribution in [0.2, 0.25) is 10.0 Å². The highest BCUT2D eigenvalue weighted by Gasteiger charge is 2.21. The maximum absolute atomic E-state index is 12.8. The topological polar surface area (TPSA) is 44.1 Å². The molecule has 122 valence electrons. The van der Waals surface area contributed by atoms with Gasteiger partial charge in [-0.1, -0.05) is 53.5 Å². The van der Waals surface area contributed by atoms with Crippen LogP contribution in [0.5, 0.6) is 5.88 Å². The molecule has 2 aromatic carbocycles. The maximum Gasteiger partial charge on any atom is 0.223 e. The first-order chi connectivity index (χ1) is 11.6. The largest absolute Gasteiger partial charge is 0.472 e. The van der Waals surface area contributed by atoms with Crippen molar-refractivity contribution in [2.45, 2.75) is 6.61 Å². The fourth-order valence-corrected chi connectivity index (χ4v) is 2.79. The average Bonchev–Trinajstić information content (AvgIpc) is 2.94. The standard InChI is InChI=1S/C18H14Cl2N2O2/c1-22-18(24-11-12-5-3-2-4-6-12)15(10-21-22)17(23)14-8-7-13(19)9-16(14)20/h2-10H,11H2,1H3. The van der Waals surface area contributed by atoms with Gasteiger partial charge in [0.1, 0.15) is 12.2 Å². The zero-order valence-corrected chi connectivity index (χ0v) is 14.4. The van der Waals surface area contributed by atoms with Gasteiger partial charge in [-0.25, -0.2) is 4.68 Å². The minimum absolute atomic E-state index is 0.257. The highest BCUT2D eigenvalue weighted by atomic mass is 35.5. The van der Waals surface area contributed by atoms with Crippen molar-refractivity contribution >= 4 is 29.0 Å². The Hall–Kier alpha value is -2.30. The molecule has 0 fully saturated rings. The lowest BCUT2D eigenvalue weighted by Gasteiger charge is -2.09. The maximum atomic E-state index is 12.8. The molecule has 3 aromatic rings. The molecule has 0 spiro atoms. The molecule has 4 nitrogen and oxygen atoms in total. The van der Waals surface area contributed by atoms with Gasteiger partial charge in [-0.2, -0.15) is 5.10 Å². The van der Waals surface area contributed by atoms with E-state index in [9.17, 15) is 4.79 Å². The number of carbonyl (C=O) groups is 1. The van der Waals surface area contributed by atoms with Crippen molar-refractivity contribution in [3.63, 3.8) is 0 Å². The molecular formula is C18H14Cl2N2O2. The Morgan fingerprint density at radius 1 is 1.12 bits per heavy atom. The van der Waals surface area contributed by atoms with Gasteiger partial charge in [-0.05, 0) is 23.8 Å². The molecule has 24 heavy (non-hydrogen) atoms. The Kier molecular flexibility index (Phi) is 4.88. The molecule has 3 rings (SSSR count). The minimum Gasteiger partial charge on any atom is -0.472 e.